The van der Waals surface area contributed by atoms with Crippen LogP contribution in [-0.2, 0) is 6.42 Å². The Labute approximate surface area is 89.1 Å². The third-order valence-electron chi connectivity index (χ3n) is 1.15. The van der Waals surface area contributed by atoms with Gasteiger partial charge in [0.1, 0.15) is 4.34 Å². The Morgan fingerprint density at radius 2 is 2.25 bits per heavy atom. The molecule has 0 spiro atoms. The van der Waals surface area contributed by atoms with Crippen LogP contribution in [0.1, 0.15) is 11.4 Å². The molecule has 0 aromatic carbocycles. The molecule has 0 unspecified atom stereocenters. The molecule has 0 amide bonds. The van der Waals surface area contributed by atoms with Gasteiger partial charge in [-0.3, -0.25) is 0 Å². The molecule has 12 heavy (non-hydrogen) atoms. The first kappa shape index (κ1) is 10.2. The molecule has 1 N–H and O–H groups in total. The van der Waals surface area contributed by atoms with Gasteiger partial charge in [-0.15, -0.1) is 11.3 Å². The number of hydrogen-bond acceptors (Lipinski definition) is 3. The second-order valence-electron chi connectivity index (χ2n) is 2.07. The van der Waals surface area contributed by atoms with Gasteiger partial charge in [0.15, 0.2) is 10.2 Å². The molecule has 0 bridgehead atoms. The van der Waals surface area contributed by atoms with Crippen molar-refractivity contribution in [1.82, 2.24) is 4.98 Å². The lowest BCUT2D eigenvalue weighted by Gasteiger charge is -1.91. The van der Waals surface area contributed by atoms with E-state index in [1.54, 1.807) is 0 Å². The molecule has 0 aliphatic rings. The predicted molar refractivity (Wildman–Crippen MR) is 55.7 cm³/mol. The Bertz CT molecular complexity index is 280. The monoisotopic (exact) mass is 241 g/mol. The molecule has 0 aliphatic carbocycles. The molecule has 0 saturated carbocycles. The third kappa shape index (κ3) is 2.86. The maximum absolute atomic E-state index is 8.73. The van der Waals surface area contributed by atoms with Gasteiger partial charge in [-0.1, -0.05) is 23.2 Å². The normalized spacial score (nSPS) is 10.2. The highest BCUT2D eigenvalue weighted by atomic mass is 35.5. The van der Waals surface area contributed by atoms with Crippen molar-refractivity contribution in [2.45, 2.75) is 12.8 Å². The number of aliphatic hydroxyl groups is 1. The molecule has 1 heterocycles. The molecule has 66 valence electrons. The molecule has 2 nitrogen and oxygen atoms in total. The van der Waals surface area contributed by atoms with Crippen molar-refractivity contribution >= 4 is 51.8 Å². The molecule has 6 heteroatoms. The number of aromatic nitrogens is 1. The Morgan fingerprint density at radius 1 is 1.58 bits per heavy atom. The summed E-state index contributed by atoms with van der Waals surface area (Å²) in [5, 5.41) is 9.83. The minimum absolute atomic E-state index is 0.0163. The van der Waals surface area contributed by atoms with Crippen LogP contribution in [0.2, 0.25) is 9.49 Å². The van der Waals surface area contributed by atoms with Crippen molar-refractivity contribution < 1.29 is 5.11 Å². The maximum Gasteiger partial charge on any atom is 0.159 e. The van der Waals surface area contributed by atoms with Crippen molar-refractivity contribution in [2.24, 2.45) is 0 Å². The summed E-state index contributed by atoms with van der Waals surface area (Å²) in [6, 6.07) is 0. The van der Waals surface area contributed by atoms with Gasteiger partial charge in [-0.25, -0.2) is 4.98 Å². The number of nitrogens with zero attached hydrogens (tertiary/aromatic N) is 1. The van der Waals surface area contributed by atoms with Crippen LogP contribution >= 0.6 is 46.8 Å². The Kier molecular flexibility index (Phi) is 3.71. The minimum atomic E-state index is -0.0163. The molecular formula is C6H5Cl2NOS2. The van der Waals surface area contributed by atoms with Gasteiger partial charge in [0.2, 0.25) is 0 Å². The molecule has 1 aromatic heterocycles. The zero-order chi connectivity index (χ0) is 9.14. The molecule has 0 fully saturated rings. The second kappa shape index (κ2) is 4.37. The number of rotatable bonds is 3. The van der Waals surface area contributed by atoms with Crippen LogP contribution in [0.5, 0.6) is 0 Å². The highest BCUT2D eigenvalue weighted by molar-refractivity contribution is 7.80. The van der Waals surface area contributed by atoms with Crippen molar-refractivity contribution in [2.75, 3.05) is 0 Å². The van der Waals surface area contributed by atoms with Crippen LogP contribution in [0.3, 0.4) is 0 Å². The Balaban J connectivity index is 2.58. The van der Waals surface area contributed by atoms with E-state index in [0.29, 0.717) is 22.3 Å². The van der Waals surface area contributed by atoms with Gasteiger partial charge < -0.3 is 5.11 Å². The minimum Gasteiger partial charge on any atom is -0.502 e. The smallest absolute Gasteiger partial charge is 0.159 e. The van der Waals surface area contributed by atoms with Crippen LogP contribution in [0.25, 0.3) is 0 Å². The van der Waals surface area contributed by atoms with Crippen molar-refractivity contribution in [3.8, 4) is 0 Å². The van der Waals surface area contributed by atoms with Gasteiger partial charge in [-0.2, -0.15) is 0 Å². The average Bonchev–Trinajstić information content (AvgIpc) is 2.28. The molecule has 0 aliphatic heterocycles. The average molecular weight is 242 g/mol. The fraction of sp³-hybridized carbons (Fsp3) is 0.333. The summed E-state index contributed by atoms with van der Waals surface area (Å²) in [5.41, 5.74) is 0. The predicted octanol–water partition coefficient (Wildman–Crippen LogP) is 3.27. The summed E-state index contributed by atoms with van der Waals surface area (Å²) in [4.78, 5) is 3.96. The highest BCUT2D eigenvalue weighted by Gasteiger charge is 2.06. The van der Waals surface area contributed by atoms with Crippen LogP contribution < -0.4 is 0 Å². The summed E-state index contributed by atoms with van der Waals surface area (Å²) >= 11 is 17.1. The zero-order valence-electron chi connectivity index (χ0n) is 5.88. The van der Waals surface area contributed by atoms with E-state index in [-0.39, 0.29) is 5.05 Å². The van der Waals surface area contributed by atoms with E-state index in [2.05, 4.69) is 17.2 Å². The van der Waals surface area contributed by atoms with Gasteiger partial charge >= 0.3 is 0 Å². The Morgan fingerprint density at radius 3 is 2.67 bits per heavy atom. The van der Waals surface area contributed by atoms with Gasteiger partial charge in [0, 0.05) is 12.8 Å². The lowest BCUT2D eigenvalue weighted by Crippen LogP contribution is -1.93. The summed E-state index contributed by atoms with van der Waals surface area (Å²) in [6.45, 7) is 0. The second-order valence-corrected chi connectivity index (χ2v) is 4.58. The number of aliphatic hydroxyl groups excluding tert-OH is 1. The molecule has 1 aromatic rings. The third-order valence-corrected chi connectivity index (χ3v) is 3.15. The lowest BCUT2D eigenvalue weighted by molar-refractivity contribution is 0.548. The van der Waals surface area contributed by atoms with E-state index in [9.17, 15) is 0 Å². The lowest BCUT2D eigenvalue weighted by atomic mass is 10.3. The van der Waals surface area contributed by atoms with Gasteiger partial charge in [0.25, 0.3) is 0 Å². The molecule has 0 atom stereocenters. The summed E-state index contributed by atoms with van der Waals surface area (Å²) in [5.74, 6) is 0. The van der Waals surface area contributed by atoms with E-state index in [1.807, 2.05) is 0 Å². The topological polar surface area (TPSA) is 33.1 Å². The van der Waals surface area contributed by atoms with Crippen LogP contribution in [0, 0.1) is 0 Å². The molecule has 1 rings (SSSR count). The SMILES string of the molecule is OC(=S)CCc1nc(Cl)c(Cl)s1. The van der Waals surface area contributed by atoms with E-state index in [0.717, 1.165) is 5.01 Å². The van der Waals surface area contributed by atoms with Gasteiger partial charge in [0.05, 0.1) is 5.01 Å². The first-order valence-corrected chi connectivity index (χ1v) is 5.10. The van der Waals surface area contributed by atoms with Crippen LogP contribution in [-0.4, -0.2) is 15.1 Å². The number of aryl methyl sites for hydroxylation is 1. The van der Waals surface area contributed by atoms with E-state index in [4.69, 9.17) is 28.3 Å². The van der Waals surface area contributed by atoms with Crippen LogP contribution in [0.15, 0.2) is 0 Å². The zero-order valence-corrected chi connectivity index (χ0v) is 9.03. The standard InChI is InChI=1S/C6H5Cl2NOS2/c7-5-6(8)12-3(9-5)1-2-4(10)11/h1-2H2,(H,10,11). The first-order valence-electron chi connectivity index (χ1n) is 3.12. The van der Waals surface area contributed by atoms with Crippen molar-refractivity contribution in [3.05, 3.63) is 14.5 Å². The number of thiocarbonyl (C=S) groups is 1. The van der Waals surface area contributed by atoms with Crippen molar-refractivity contribution in [1.29, 1.82) is 0 Å². The maximum atomic E-state index is 8.73. The highest BCUT2D eigenvalue weighted by Crippen LogP contribution is 2.28. The Hall–Kier alpha value is 0.1000. The molecule has 0 radical (unpaired) electrons. The molecule has 0 saturated heterocycles. The number of thiazole rings is 1. The van der Waals surface area contributed by atoms with Crippen molar-refractivity contribution in [3.63, 3.8) is 0 Å². The van der Waals surface area contributed by atoms with Crippen LogP contribution in [0.4, 0.5) is 0 Å². The fourth-order valence-electron chi connectivity index (χ4n) is 0.643. The number of halogens is 2. The summed E-state index contributed by atoms with van der Waals surface area (Å²) in [6.07, 6.45) is 1.02. The number of hydrogen-bond donors (Lipinski definition) is 1. The molecular weight excluding hydrogens is 237 g/mol. The largest absolute Gasteiger partial charge is 0.502 e. The van der Waals surface area contributed by atoms with E-state index >= 15 is 0 Å². The quantitative estimate of drug-likeness (QED) is 0.826. The summed E-state index contributed by atoms with van der Waals surface area (Å²) in [7, 11) is 0. The first-order chi connectivity index (χ1) is 5.59. The fourth-order valence-corrected chi connectivity index (χ4v) is 2.00. The summed E-state index contributed by atoms with van der Waals surface area (Å²) < 4.78 is 0.482. The van der Waals surface area contributed by atoms with E-state index < -0.39 is 0 Å². The van der Waals surface area contributed by atoms with E-state index in [1.165, 1.54) is 11.3 Å². The van der Waals surface area contributed by atoms with Gasteiger partial charge in [-0.05, 0) is 12.2 Å².